The summed E-state index contributed by atoms with van der Waals surface area (Å²) in [6.45, 7) is 9.92. The van der Waals surface area contributed by atoms with Gasteiger partial charge in [0, 0.05) is 69.7 Å². The number of carbonyl (C=O) groups is 2. The molecule has 326 valence electrons. The molecule has 1 aliphatic rings. The number of aryl methyl sites for hydroxylation is 1. The van der Waals surface area contributed by atoms with Crippen LogP contribution in [-0.2, 0) is 29.0 Å². The minimum absolute atomic E-state index is 0.0552. The SMILES string of the molecule is CCc1cc2ncc(CN3CCN(c4ccc(C(=O)NCCOCCOCCNC(=O)c5ccc6ncn(Cc7ccccc7OCCN(C)C)c6n5)nc4)CC3)cc2[nH]c1=O. The van der Waals surface area contributed by atoms with E-state index in [1.165, 1.54) is 0 Å². The van der Waals surface area contributed by atoms with Crippen molar-refractivity contribution in [2.75, 3.05) is 97.8 Å². The molecule has 1 saturated heterocycles. The van der Waals surface area contributed by atoms with Crippen molar-refractivity contribution in [2.24, 2.45) is 0 Å². The van der Waals surface area contributed by atoms with E-state index in [9.17, 15) is 14.4 Å². The van der Waals surface area contributed by atoms with Gasteiger partial charge >= 0.3 is 0 Å². The number of carbonyl (C=O) groups excluding carboxylic acids is 2. The van der Waals surface area contributed by atoms with Crippen LogP contribution in [0.2, 0.25) is 0 Å². The molecule has 17 nitrogen and oxygen atoms in total. The van der Waals surface area contributed by atoms with E-state index >= 15 is 0 Å². The van der Waals surface area contributed by atoms with Crippen molar-refractivity contribution in [2.45, 2.75) is 26.4 Å². The van der Waals surface area contributed by atoms with Crippen LogP contribution in [0.5, 0.6) is 5.75 Å². The largest absolute Gasteiger partial charge is 0.492 e. The molecule has 6 aromatic rings. The van der Waals surface area contributed by atoms with Gasteiger partial charge in [-0.05, 0) is 68.5 Å². The number of anilines is 1. The van der Waals surface area contributed by atoms with E-state index in [0.29, 0.717) is 81.6 Å². The average Bonchev–Trinajstić information content (AvgIpc) is 3.69. The zero-order chi connectivity index (χ0) is 43.3. The summed E-state index contributed by atoms with van der Waals surface area (Å²) in [5.41, 5.74) is 7.22. The van der Waals surface area contributed by atoms with Crippen LogP contribution in [0.15, 0.2) is 84.2 Å². The quantitative estimate of drug-likeness (QED) is 0.0900. The predicted octanol–water partition coefficient (Wildman–Crippen LogP) is 3.13. The second-order valence-corrected chi connectivity index (χ2v) is 15.3. The summed E-state index contributed by atoms with van der Waals surface area (Å²) in [5.74, 6) is 0.237. The lowest BCUT2D eigenvalue weighted by atomic mass is 10.1. The number of hydrogen-bond donors (Lipinski definition) is 3. The van der Waals surface area contributed by atoms with Gasteiger partial charge in [0.15, 0.2) is 5.65 Å². The number of aromatic nitrogens is 6. The topological polar surface area (TPSA) is 185 Å². The van der Waals surface area contributed by atoms with Crippen LogP contribution >= 0.6 is 0 Å². The summed E-state index contributed by atoms with van der Waals surface area (Å²) >= 11 is 0. The van der Waals surface area contributed by atoms with E-state index in [-0.39, 0.29) is 17.4 Å². The molecule has 3 N–H and O–H groups in total. The minimum atomic E-state index is -0.302. The molecule has 0 atom stereocenters. The van der Waals surface area contributed by atoms with Crippen molar-refractivity contribution in [1.82, 2.24) is 49.9 Å². The Morgan fingerprint density at radius 3 is 2.24 bits per heavy atom. The molecule has 0 radical (unpaired) electrons. The smallest absolute Gasteiger partial charge is 0.270 e. The Kier molecular flexibility index (Phi) is 15.2. The summed E-state index contributed by atoms with van der Waals surface area (Å²) in [6.07, 6.45) is 6.03. The number of aromatic amines is 1. The summed E-state index contributed by atoms with van der Waals surface area (Å²) < 4.78 is 19.2. The third-order valence-corrected chi connectivity index (χ3v) is 10.6. The summed E-state index contributed by atoms with van der Waals surface area (Å²) in [6, 6.07) is 18.9. The molecule has 2 amide bonds. The van der Waals surface area contributed by atoms with E-state index in [4.69, 9.17) is 14.2 Å². The number of nitrogens with one attached hydrogen (secondary N) is 3. The fourth-order valence-electron chi connectivity index (χ4n) is 7.10. The number of pyridine rings is 4. The second kappa shape index (κ2) is 21.5. The van der Waals surface area contributed by atoms with Gasteiger partial charge in [-0.3, -0.25) is 24.3 Å². The van der Waals surface area contributed by atoms with Gasteiger partial charge in [0.25, 0.3) is 17.4 Å². The maximum absolute atomic E-state index is 12.9. The number of benzene rings is 1. The number of para-hydroxylation sites is 1. The highest BCUT2D eigenvalue weighted by Gasteiger charge is 2.19. The number of piperazine rings is 1. The third-order valence-electron chi connectivity index (χ3n) is 10.6. The molecule has 7 rings (SSSR count). The molecule has 5 aromatic heterocycles. The highest BCUT2D eigenvalue weighted by Crippen LogP contribution is 2.22. The zero-order valence-electron chi connectivity index (χ0n) is 35.6. The number of likely N-dealkylation sites (N-methyl/N-ethyl adjacent to an activating group) is 1. The van der Waals surface area contributed by atoms with Crippen LogP contribution in [-0.4, -0.2) is 144 Å². The molecule has 0 spiro atoms. The van der Waals surface area contributed by atoms with Crippen LogP contribution < -0.4 is 25.8 Å². The molecule has 0 bridgehead atoms. The minimum Gasteiger partial charge on any atom is -0.492 e. The summed E-state index contributed by atoms with van der Waals surface area (Å²) in [4.78, 5) is 65.6. The summed E-state index contributed by atoms with van der Waals surface area (Å²) in [7, 11) is 4.02. The number of amides is 2. The molecule has 17 heteroatoms. The molecule has 0 aliphatic carbocycles. The predicted molar refractivity (Wildman–Crippen MR) is 237 cm³/mol. The first kappa shape index (κ1) is 43.8. The lowest BCUT2D eigenvalue weighted by Gasteiger charge is -2.36. The molecule has 1 fully saturated rings. The van der Waals surface area contributed by atoms with Gasteiger partial charge in [0.05, 0.1) is 62.2 Å². The average molecular weight is 846 g/mol. The normalized spacial score (nSPS) is 13.3. The van der Waals surface area contributed by atoms with Crippen molar-refractivity contribution < 1.29 is 23.8 Å². The lowest BCUT2D eigenvalue weighted by Crippen LogP contribution is -2.46. The van der Waals surface area contributed by atoms with Crippen LogP contribution in [0.3, 0.4) is 0 Å². The highest BCUT2D eigenvalue weighted by atomic mass is 16.5. The standard InChI is InChI=1S/C45H55N11O6/c1-4-33-26-39-40(52-43(33)57)25-32(27-48-39)29-54-15-17-55(18-16-54)35-9-10-37(49-28-35)44(58)46-13-20-60-23-24-61-21-14-47-45(59)38-12-11-36-42(51-38)56(31-50-36)30-34-7-5-6-8-41(34)62-22-19-53(2)3/h5-12,25-28,31H,4,13-24,29-30H2,1-3H3,(H,46,58)(H,47,59)(H,52,57). The molecule has 0 unspecified atom stereocenters. The first-order valence-electron chi connectivity index (χ1n) is 21.1. The van der Waals surface area contributed by atoms with Gasteiger partial charge in [-0.2, -0.15) is 0 Å². The molecular weight excluding hydrogens is 791 g/mol. The molecular formula is C45H55N11O6. The van der Waals surface area contributed by atoms with Crippen molar-refractivity contribution in [1.29, 1.82) is 0 Å². The molecule has 1 aliphatic heterocycles. The van der Waals surface area contributed by atoms with Crippen molar-refractivity contribution >= 4 is 39.7 Å². The first-order chi connectivity index (χ1) is 30.2. The van der Waals surface area contributed by atoms with E-state index in [0.717, 1.165) is 78.4 Å². The number of H-pyrrole nitrogens is 1. The monoisotopic (exact) mass is 845 g/mol. The fraction of sp³-hybridized carbons (Fsp3) is 0.400. The van der Waals surface area contributed by atoms with Crippen LogP contribution in [0.4, 0.5) is 5.69 Å². The second-order valence-electron chi connectivity index (χ2n) is 15.3. The Bertz CT molecular complexity index is 2480. The molecule has 0 saturated carbocycles. The van der Waals surface area contributed by atoms with Crippen molar-refractivity contribution in [3.8, 4) is 5.75 Å². The van der Waals surface area contributed by atoms with E-state index in [2.05, 4.69) is 50.3 Å². The fourth-order valence-corrected chi connectivity index (χ4v) is 7.10. The maximum atomic E-state index is 12.9. The summed E-state index contributed by atoms with van der Waals surface area (Å²) in [5, 5.41) is 5.70. The first-order valence-corrected chi connectivity index (χ1v) is 21.1. The van der Waals surface area contributed by atoms with Gasteiger partial charge < -0.3 is 44.2 Å². The van der Waals surface area contributed by atoms with Crippen LogP contribution in [0.1, 0.15) is 44.6 Å². The van der Waals surface area contributed by atoms with E-state index in [1.54, 1.807) is 30.7 Å². The molecule has 1 aromatic carbocycles. The Morgan fingerprint density at radius 2 is 1.52 bits per heavy atom. The van der Waals surface area contributed by atoms with Crippen molar-refractivity contribution in [3.63, 3.8) is 0 Å². The number of imidazole rings is 1. The number of fused-ring (bicyclic) bond motifs is 2. The lowest BCUT2D eigenvalue weighted by molar-refractivity contribution is 0.0485. The van der Waals surface area contributed by atoms with E-state index in [1.807, 2.05) is 74.2 Å². The van der Waals surface area contributed by atoms with E-state index < -0.39 is 0 Å². The van der Waals surface area contributed by atoms with Gasteiger partial charge in [-0.25, -0.2) is 15.0 Å². The zero-order valence-corrected chi connectivity index (χ0v) is 35.6. The maximum Gasteiger partial charge on any atom is 0.270 e. The van der Waals surface area contributed by atoms with Crippen LogP contribution in [0, 0.1) is 0 Å². The van der Waals surface area contributed by atoms with Crippen LogP contribution in [0.25, 0.3) is 22.2 Å². The molecule has 62 heavy (non-hydrogen) atoms. The third kappa shape index (κ3) is 11.8. The number of ether oxygens (including phenoxy) is 3. The van der Waals surface area contributed by atoms with Gasteiger partial charge in [-0.15, -0.1) is 0 Å². The number of rotatable bonds is 21. The Balaban J connectivity index is 0.747. The number of nitrogens with zero attached hydrogens (tertiary/aromatic N) is 8. The van der Waals surface area contributed by atoms with Crippen molar-refractivity contribution in [3.05, 3.63) is 118 Å². The highest BCUT2D eigenvalue weighted by molar-refractivity contribution is 5.94. The van der Waals surface area contributed by atoms with Gasteiger partial charge in [0.2, 0.25) is 0 Å². The Morgan fingerprint density at radius 1 is 0.774 bits per heavy atom. The number of hydrogen-bond acceptors (Lipinski definition) is 13. The molecule has 6 heterocycles. The van der Waals surface area contributed by atoms with Gasteiger partial charge in [0.1, 0.15) is 29.3 Å². The Hall–Kier alpha value is -6.27. The van der Waals surface area contributed by atoms with Gasteiger partial charge in [-0.1, -0.05) is 25.1 Å². The Labute approximate surface area is 360 Å².